The first-order valence-electron chi connectivity index (χ1n) is 7.99. The molecular weight excluding hydrogens is 304 g/mol. The van der Waals surface area contributed by atoms with E-state index in [9.17, 15) is 9.59 Å². The largest absolute Gasteiger partial charge is 0.465 e. The fourth-order valence-corrected chi connectivity index (χ4v) is 2.74. The Labute approximate surface area is 142 Å². The van der Waals surface area contributed by atoms with Crippen LogP contribution in [0.5, 0.6) is 0 Å². The van der Waals surface area contributed by atoms with E-state index in [1.807, 2.05) is 0 Å². The fraction of sp³-hybridized carbons (Fsp3) is 0.300. The molecule has 126 valence electrons. The molecule has 0 atom stereocenters. The second-order valence-corrected chi connectivity index (χ2v) is 5.50. The van der Waals surface area contributed by atoms with Crippen LogP contribution in [-0.4, -0.2) is 26.2 Å². The van der Waals surface area contributed by atoms with Crippen LogP contribution in [0.25, 0.3) is 0 Å². The van der Waals surface area contributed by atoms with Crippen molar-refractivity contribution < 1.29 is 19.1 Å². The van der Waals surface area contributed by atoms with Crippen LogP contribution in [0, 0.1) is 0 Å². The second-order valence-electron chi connectivity index (χ2n) is 5.50. The highest BCUT2D eigenvalue weighted by Gasteiger charge is 2.16. The summed E-state index contributed by atoms with van der Waals surface area (Å²) >= 11 is 0. The Morgan fingerprint density at radius 1 is 0.708 bits per heavy atom. The third-order valence-corrected chi connectivity index (χ3v) is 4.00. The number of esters is 2. The number of carbonyl (C=O) groups excluding carboxylic acids is 2. The van der Waals surface area contributed by atoms with E-state index in [2.05, 4.69) is 33.7 Å². The summed E-state index contributed by atoms with van der Waals surface area (Å²) in [5.74, 6) is -1.10. The molecule has 4 nitrogen and oxygen atoms in total. The normalized spacial score (nSPS) is 12.2. The van der Waals surface area contributed by atoms with Crippen molar-refractivity contribution >= 4 is 11.9 Å². The van der Waals surface area contributed by atoms with E-state index in [4.69, 9.17) is 0 Å². The summed E-state index contributed by atoms with van der Waals surface area (Å²) in [4.78, 5) is 22.4. The number of aryl methyl sites for hydroxylation is 2. The highest BCUT2D eigenvalue weighted by atomic mass is 16.5. The minimum absolute atomic E-state index is 0.210. The van der Waals surface area contributed by atoms with Gasteiger partial charge in [-0.1, -0.05) is 36.4 Å². The highest BCUT2D eigenvalue weighted by Crippen LogP contribution is 2.19. The van der Waals surface area contributed by atoms with E-state index in [1.165, 1.54) is 52.0 Å². The van der Waals surface area contributed by atoms with Gasteiger partial charge in [0.15, 0.2) is 0 Å². The van der Waals surface area contributed by atoms with Gasteiger partial charge >= 0.3 is 11.9 Å². The molecule has 4 heteroatoms. The van der Waals surface area contributed by atoms with Gasteiger partial charge in [-0.2, -0.15) is 0 Å². The van der Waals surface area contributed by atoms with Crippen molar-refractivity contribution in [2.75, 3.05) is 14.2 Å². The summed E-state index contributed by atoms with van der Waals surface area (Å²) in [5, 5.41) is 0. The number of benzene rings is 2. The molecule has 0 heterocycles. The van der Waals surface area contributed by atoms with Gasteiger partial charge in [0.25, 0.3) is 0 Å². The molecule has 0 saturated heterocycles. The maximum Gasteiger partial charge on any atom is 0.338 e. The molecular formula is C20H22O4. The molecule has 1 aliphatic carbocycles. The van der Waals surface area contributed by atoms with Gasteiger partial charge in [0.2, 0.25) is 0 Å². The fourth-order valence-electron chi connectivity index (χ4n) is 2.74. The average molecular weight is 326 g/mol. The number of carbonyl (C=O) groups is 2. The lowest BCUT2D eigenvalue weighted by atomic mass is 9.92. The Morgan fingerprint density at radius 2 is 1.08 bits per heavy atom. The lowest BCUT2D eigenvalue weighted by Crippen LogP contribution is -2.11. The summed E-state index contributed by atoms with van der Waals surface area (Å²) in [6.45, 7) is 0. The van der Waals surface area contributed by atoms with Gasteiger partial charge in [-0.25, -0.2) is 9.59 Å². The monoisotopic (exact) mass is 326 g/mol. The van der Waals surface area contributed by atoms with Crippen molar-refractivity contribution in [1.29, 1.82) is 0 Å². The van der Waals surface area contributed by atoms with Gasteiger partial charge in [-0.15, -0.1) is 0 Å². The maximum atomic E-state index is 11.2. The van der Waals surface area contributed by atoms with E-state index >= 15 is 0 Å². The third-order valence-electron chi connectivity index (χ3n) is 4.00. The number of methoxy groups -OCH3 is 2. The van der Waals surface area contributed by atoms with Crippen LogP contribution in [0.15, 0.2) is 48.5 Å². The van der Waals surface area contributed by atoms with E-state index < -0.39 is 11.9 Å². The summed E-state index contributed by atoms with van der Waals surface area (Å²) in [7, 11) is 2.52. The van der Waals surface area contributed by atoms with E-state index in [0.29, 0.717) is 0 Å². The molecule has 0 aromatic heterocycles. The Balaban J connectivity index is 0.000000182. The predicted molar refractivity (Wildman–Crippen MR) is 92.2 cm³/mol. The van der Waals surface area contributed by atoms with Crippen LogP contribution < -0.4 is 0 Å². The summed E-state index contributed by atoms with van der Waals surface area (Å²) in [6.07, 6.45) is 5.38. The van der Waals surface area contributed by atoms with Gasteiger partial charge < -0.3 is 9.47 Å². The van der Waals surface area contributed by atoms with Crippen molar-refractivity contribution in [3.63, 3.8) is 0 Å². The highest BCUT2D eigenvalue weighted by molar-refractivity contribution is 6.03. The van der Waals surface area contributed by atoms with Crippen molar-refractivity contribution in [1.82, 2.24) is 0 Å². The molecule has 0 unspecified atom stereocenters. The molecule has 0 bridgehead atoms. The first-order valence-corrected chi connectivity index (χ1v) is 7.99. The van der Waals surface area contributed by atoms with Crippen LogP contribution >= 0.6 is 0 Å². The summed E-state index contributed by atoms with van der Waals surface area (Å²) in [5.41, 5.74) is 3.58. The van der Waals surface area contributed by atoms with E-state index in [-0.39, 0.29) is 11.1 Å². The molecule has 1 aliphatic rings. The minimum atomic E-state index is -0.550. The molecule has 0 saturated carbocycles. The van der Waals surface area contributed by atoms with Crippen LogP contribution in [0.1, 0.15) is 44.7 Å². The molecule has 2 aromatic carbocycles. The first kappa shape index (κ1) is 17.7. The maximum absolute atomic E-state index is 11.2. The number of fused-ring (bicyclic) bond motifs is 1. The zero-order chi connectivity index (χ0) is 17.4. The lowest BCUT2D eigenvalue weighted by Gasteiger charge is -2.13. The van der Waals surface area contributed by atoms with Crippen LogP contribution in [0.3, 0.4) is 0 Å². The Kier molecular flexibility index (Phi) is 6.55. The van der Waals surface area contributed by atoms with E-state index in [0.717, 1.165) is 0 Å². The molecule has 0 radical (unpaired) electrons. The molecule has 3 rings (SSSR count). The lowest BCUT2D eigenvalue weighted by molar-refractivity contribution is 0.0555. The molecule has 0 spiro atoms. The molecule has 24 heavy (non-hydrogen) atoms. The minimum Gasteiger partial charge on any atom is -0.465 e. The van der Waals surface area contributed by atoms with E-state index in [1.54, 1.807) is 23.3 Å². The van der Waals surface area contributed by atoms with Crippen LogP contribution in [0.2, 0.25) is 0 Å². The quantitative estimate of drug-likeness (QED) is 0.787. The van der Waals surface area contributed by atoms with Gasteiger partial charge in [-0.05, 0) is 48.9 Å². The van der Waals surface area contributed by atoms with Crippen LogP contribution in [0.4, 0.5) is 0 Å². The van der Waals surface area contributed by atoms with Crippen LogP contribution in [-0.2, 0) is 22.3 Å². The number of rotatable bonds is 2. The van der Waals surface area contributed by atoms with Gasteiger partial charge in [-0.3, -0.25) is 0 Å². The first-order chi connectivity index (χ1) is 11.7. The number of hydrogen-bond acceptors (Lipinski definition) is 4. The third kappa shape index (κ3) is 4.44. The predicted octanol–water partition coefficient (Wildman–Crippen LogP) is 3.83. The topological polar surface area (TPSA) is 52.6 Å². The number of hydrogen-bond donors (Lipinski definition) is 0. The van der Waals surface area contributed by atoms with Gasteiger partial charge in [0.05, 0.1) is 25.3 Å². The van der Waals surface area contributed by atoms with Crippen molar-refractivity contribution in [3.05, 3.63) is 70.8 Å². The molecule has 0 N–H and O–H groups in total. The molecule has 0 aliphatic heterocycles. The van der Waals surface area contributed by atoms with Crippen molar-refractivity contribution in [2.24, 2.45) is 0 Å². The Bertz CT molecular complexity index is 646. The average Bonchev–Trinajstić information content (AvgIpc) is 2.67. The zero-order valence-electron chi connectivity index (χ0n) is 14.1. The molecule has 0 amide bonds. The Hall–Kier alpha value is -2.62. The van der Waals surface area contributed by atoms with Gasteiger partial charge in [0.1, 0.15) is 0 Å². The zero-order valence-corrected chi connectivity index (χ0v) is 14.1. The summed E-state index contributed by atoms with van der Waals surface area (Å²) in [6, 6.07) is 15.1. The SMILES string of the molecule is COC(=O)c1ccccc1C(=O)OC.c1ccc2c(c1)CCCC2. The number of ether oxygens (including phenoxy) is 2. The Morgan fingerprint density at radius 3 is 1.46 bits per heavy atom. The standard InChI is InChI=1S/C10H10O4.C10H12/c1-13-9(11)7-5-3-4-6-8(7)10(12)14-2;1-2-6-10-8-4-3-7-9(10)5-1/h3-6H,1-2H3;1-2,5-6H,3-4,7-8H2. The van der Waals surface area contributed by atoms with Gasteiger partial charge in [0, 0.05) is 0 Å². The smallest absolute Gasteiger partial charge is 0.338 e. The molecule has 0 fully saturated rings. The van der Waals surface area contributed by atoms with Crippen molar-refractivity contribution in [3.8, 4) is 0 Å². The van der Waals surface area contributed by atoms with Crippen molar-refractivity contribution in [2.45, 2.75) is 25.7 Å². The second kappa shape index (κ2) is 8.87. The summed E-state index contributed by atoms with van der Waals surface area (Å²) < 4.78 is 9.05. The molecule has 2 aromatic rings.